The van der Waals surface area contributed by atoms with Gasteiger partial charge in [0.1, 0.15) is 0 Å². The van der Waals surface area contributed by atoms with Gasteiger partial charge in [-0.15, -0.1) is 11.3 Å². The maximum atomic E-state index is 12.1. The van der Waals surface area contributed by atoms with E-state index in [1.165, 1.54) is 11.3 Å². The molecule has 0 aromatic carbocycles. The van der Waals surface area contributed by atoms with E-state index in [1.54, 1.807) is 18.5 Å². The molecule has 0 bridgehead atoms. The molecule has 1 heterocycles. The second-order valence-corrected chi connectivity index (χ2v) is 4.27. The molecule has 1 aromatic rings. The lowest BCUT2D eigenvalue weighted by atomic mass is 10.1. The van der Waals surface area contributed by atoms with Crippen molar-refractivity contribution in [2.45, 2.75) is 25.6 Å². The molecule has 1 N–H and O–H groups in total. The molecule has 1 unspecified atom stereocenters. The largest absolute Gasteiger partial charge is 0.390 e. The monoisotopic (exact) mass is 223 g/mol. The number of alkyl halides is 3. The summed E-state index contributed by atoms with van der Waals surface area (Å²) >= 11 is 1.47. The van der Waals surface area contributed by atoms with Crippen molar-refractivity contribution < 1.29 is 13.2 Å². The van der Waals surface area contributed by atoms with Gasteiger partial charge in [0.05, 0.1) is 6.42 Å². The third kappa shape index (κ3) is 3.31. The van der Waals surface area contributed by atoms with E-state index in [2.05, 4.69) is 5.32 Å². The Balaban J connectivity index is 2.72. The molecule has 0 saturated carbocycles. The zero-order valence-corrected chi connectivity index (χ0v) is 8.80. The van der Waals surface area contributed by atoms with Crippen molar-refractivity contribution in [2.24, 2.45) is 0 Å². The lowest BCUT2D eigenvalue weighted by Gasteiger charge is -2.16. The molecule has 0 spiro atoms. The molecule has 0 amide bonds. The summed E-state index contributed by atoms with van der Waals surface area (Å²) in [5.41, 5.74) is 0.715. The molecule has 0 aliphatic rings. The van der Waals surface area contributed by atoms with Crippen LogP contribution < -0.4 is 5.32 Å². The second kappa shape index (κ2) is 4.31. The Morgan fingerprint density at radius 1 is 1.50 bits per heavy atom. The van der Waals surface area contributed by atoms with Crippen molar-refractivity contribution in [3.05, 3.63) is 21.9 Å². The molecule has 80 valence electrons. The van der Waals surface area contributed by atoms with E-state index < -0.39 is 18.6 Å². The van der Waals surface area contributed by atoms with Gasteiger partial charge in [-0.2, -0.15) is 13.2 Å². The fraction of sp³-hybridized carbons (Fsp3) is 0.556. The summed E-state index contributed by atoms with van der Waals surface area (Å²) in [6.45, 7) is 1.88. The van der Waals surface area contributed by atoms with Gasteiger partial charge in [-0.05, 0) is 31.0 Å². The molecule has 1 rings (SSSR count). The van der Waals surface area contributed by atoms with Crippen LogP contribution in [0.2, 0.25) is 0 Å². The predicted octanol–water partition coefficient (Wildman–Crippen LogP) is 3.27. The number of rotatable bonds is 3. The van der Waals surface area contributed by atoms with Crippen LogP contribution in [0.1, 0.15) is 22.9 Å². The normalized spacial score (nSPS) is 14.4. The molecule has 0 aliphatic heterocycles. The molecule has 1 aromatic heterocycles. The minimum absolute atomic E-state index is 0.625. The lowest BCUT2D eigenvalue weighted by Crippen LogP contribution is -2.23. The van der Waals surface area contributed by atoms with Crippen molar-refractivity contribution in [1.29, 1.82) is 0 Å². The third-order valence-corrected chi connectivity index (χ3v) is 2.82. The van der Waals surface area contributed by atoms with E-state index in [4.69, 9.17) is 0 Å². The smallest absolute Gasteiger partial charge is 0.313 e. The quantitative estimate of drug-likeness (QED) is 0.829. The van der Waals surface area contributed by atoms with Crippen LogP contribution in [0, 0.1) is 6.92 Å². The van der Waals surface area contributed by atoms with Gasteiger partial charge in [-0.25, -0.2) is 0 Å². The molecule has 14 heavy (non-hydrogen) atoms. The Hall–Kier alpha value is -0.550. The van der Waals surface area contributed by atoms with Crippen LogP contribution >= 0.6 is 11.3 Å². The van der Waals surface area contributed by atoms with Crippen molar-refractivity contribution in [3.8, 4) is 0 Å². The summed E-state index contributed by atoms with van der Waals surface area (Å²) in [7, 11) is 1.55. The highest BCUT2D eigenvalue weighted by atomic mass is 32.1. The fourth-order valence-corrected chi connectivity index (χ4v) is 2.02. The number of hydrogen-bond donors (Lipinski definition) is 1. The summed E-state index contributed by atoms with van der Waals surface area (Å²) in [5, 5.41) is 4.44. The molecular weight excluding hydrogens is 211 g/mol. The van der Waals surface area contributed by atoms with Gasteiger partial charge < -0.3 is 5.32 Å². The van der Waals surface area contributed by atoms with Crippen LogP contribution in [0.3, 0.4) is 0 Å². The maximum Gasteiger partial charge on any atom is 0.390 e. The molecular formula is C9H12F3NS. The van der Waals surface area contributed by atoms with Gasteiger partial charge >= 0.3 is 6.18 Å². The van der Waals surface area contributed by atoms with E-state index >= 15 is 0 Å². The van der Waals surface area contributed by atoms with Crippen LogP contribution in [0.15, 0.2) is 11.4 Å². The topological polar surface area (TPSA) is 12.0 Å². The van der Waals surface area contributed by atoms with Gasteiger partial charge in [-0.3, -0.25) is 0 Å². The Bertz CT molecular complexity index is 292. The summed E-state index contributed by atoms with van der Waals surface area (Å²) in [6, 6.07) is 1.16. The minimum atomic E-state index is -4.12. The third-order valence-electron chi connectivity index (χ3n) is 1.94. The molecule has 0 aliphatic carbocycles. The summed E-state index contributed by atoms with van der Waals surface area (Å²) in [6.07, 6.45) is -4.94. The number of halogens is 3. The molecule has 0 radical (unpaired) electrons. The summed E-state index contributed by atoms with van der Waals surface area (Å²) in [4.78, 5) is 1.03. The average molecular weight is 223 g/mol. The van der Waals surface area contributed by atoms with E-state index in [0.29, 0.717) is 5.56 Å². The molecule has 1 nitrogen and oxygen atoms in total. The molecule has 0 fully saturated rings. The van der Waals surface area contributed by atoms with Crippen molar-refractivity contribution in [3.63, 3.8) is 0 Å². The van der Waals surface area contributed by atoms with Gasteiger partial charge in [0, 0.05) is 10.9 Å². The average Bonchev–Trinajstić information content (AvgIpc) is 2.46. The first-order valence-corrected chi connectivity index (χ1v) is 5.09. The Kier molecular flexibility index (Phi) is 3.55. The van der Waals surface area contributed by atoms with Crippen molar-refractivity contribution in [2.75, 3.05) is 7.05 Å². The summed E-state index contributed by atoms with van der Waals surface area (Å²) in [5.74, 6) is 0. The Morgan fingerprint density at radius 3 is 2.50 bits per heavy atom. The van der Waals surface area contributed by atoms with Gasteiger partial charge in [0.15, 0.2) is 0 Å². The highest BCUT2D eigenvalue weighted by molar-refractivity contribution is 7.10. The second-order valence-electron chi connectivity index (χ2n) is 3.15. The van der Waals surface area contributed by atoms with E-state index in [1.807, 2.05) is 6.92 Å². The number of nitrogens with one attached hydrogen (secondary N) is 1. The standard InChI is InChI=1S/C9H12F3NS/c1-6-3-7(5-14-6)8(13-2)4-9(10,11)12/h3,5,8,13H,4H2,1-2H3. The van der Waals surface area contributed by atoms with E-state index in [-0.39, 0.29) is 0 Å². The zero-order valence-electron chi connectivity index (χ0n) is 7.98. The summed E-state index contributed by atoms with van der Waals surface area (Å²) < 4.78 is 36.4. The highest BCUT2D eigenvalue weighted by Crippen LogP contribution is 2.31. The lowest BCUT2D eigenvalue weighted by molar-refractivity contribution is -0.140. The number of thiophene rings is 1. The Labute approximate surface area is 84.9 Å². The first kappa shape index (κ1) is 11.5. The highest BCUT2D eigenvalue weighted by Gasteiger charge is 2.32. The molecule has 5 heteroatoms. The molecule has 0 saturated heterocycles. The SMILES string of the molecule is CNC(CC(F)(F)F)c1csc(C)c1. The van der Waals surface area contributed by atoms with Crippen molar-refractivity contribution in [1.82, 2.24) is 5.32 Å². The fourth-order valence-electron chi connectivity index (χ4n) is 1.26. The van der Waals surface area contributed by atoms with Crippen LogP contribution in [-0.2, 0) is 0 Å². The first-order valence-electron chi connectivity index (χ1n) is 4.21. The Morgan fingerprint density at radius 2 is 2.14 bits per heavy atom. The van der Waals surface area contributed by atoms with Crippen LogP contribution in [-0.4, -0.2) is 13.2 Å². The predicted molar refractivity (Wildman–Crippen MR) is 51.5 cm³/mol. The molecule has 1 atom stereocenters. The van der Waals surface area contributed by atoms with Crippen molar-refractivity contribution >= 4 is 11.3 Å². The van der Waals surface area contributed by atoms with Gasteiger partial charge in [0.2, 0.25) is 0 Å². The van der Waals surface area contributed by atoms with Crippen LogP contribution in [0.4, 0.5) is 13.2 Å². The van der Waals surface area contributed by atoms with E-state index in [0.717, 1.165) is 4.88 Å². The minimum Gasteiger partial charge on any atom is -0.313 e. The first-order chi connectivity index (χ1) is 6.42. The van der Waals surface area contributed by atoms with Gasteiger partial charge in [0.25, 0.3) is 0 Å². The zero-order chi connectivity index (χ0) is 10.8. The number of hydrogen-bond acceptors (Lipinski definition) is 2. The maximum absolute atomic E-state index is 12.1. The van der Waals surface area contributed by atoms with Gasteiger partial charge in [-0.1, -0.05) is 0 Å². The van der Waals surface area contributed by atoms with Crippen LogP contribution in [0.5, 0.6) is 0 Å². The number of aryl methyl sites for hydroxylation is 1. The van der Waals surface area contributed by atoms with Crippen LogP contribution in [0.25, 0.3) is 0 Å². The van der Waals surface area contributed by atoms with E-state index in [9.17, 15) is 13.2 Å².